The average molecular weight is 656 g/mol. The number of carbonyl (C=O) groups excluding carboxylic acids is 1. The topological polar surface area (TPSA) is 129 Å². The van der Waals surface area contributed by atoms with Crippen molar-refractivity contribution >= 4 is 17.5 Å². The number of hydrogen-bond donors (Lipinski definition) is 2. The van der Waals surface area contributed by atoms with Crippen LogP contribution in [-0.2, 0) is 23.7 Å². The van der Waals surface area contributed by atoms with Gasteiger partial charge in [-0.25, -0.2) is 22.5 Å². The number of anilines is 1. The number of hydrogen-bond acceptors (Lipinski definition) is 7. The van der Waals surface area contributed by atoms with Gasteiger partial charge in [-0.3, -0.25) is 14.5 Å². The van der Waals surface area contributed by atoms with E-state index in [4.69, 9.17) is 5.73 Å². The highest BCUT2D eigenvalue weighted by molar-refractivity contribution is 5.80. The molecular formula is C31H27F6N9O. The molecule has 47 heavy (non-hydrogen) atoms. The summed E-state index contributed by atoms with van der Waals surface area (Å²) in [6, 6.07) is 5.18. The van der Waals surface area contributed by atoms with Gasteiger partial charge in [-0.1, -0.05) is 19.9 Å². The van der Waals surface area contributed by atoms with Crippen LogP contribution in [-0.4, -0.2) is 40.3 Å². The van der Waals surface area contributed by atoms with Crippen LogP contribution in [0, 0.1) is 17.6 Å². The number of fused-ring (bicyclic) bond motifs is 4. The molecule has 0 saturated heterocycles. The summed E-state index contributed by atoms with van der Waals surface area (Å²) in [5.41, 5.74) is 6.66. The van der Waals surface area contributed by atoms with E-state index in [1.165, 1.54) is 10.8 Å². The highest BCUT2D eigenvalue weighted by atomic mass is 19.3. The van der Waals surface area contributed by atoms with Crippen LogP contribution in [0.1, 0.15) is 78.5 Å². The summed E-state index contributed by atoms with van der Waals surface area (Å²) in [5.74, 6) is -7.70. The Labute approximate surface area is 263 Å². The van der Waals surface area contributed by atoms with Crippen LogP contribution in [0.15, 0.2) is 42.9 Å². The lowest BCUT2D eigenvalue weighted by Gasteiger charge is -2.23. The molecule has 1 amide bonds. The molecule has 16 heteroatoms. The first-order valence-electron chi connectivity index (χ1n) is 14.8. The standard InChI is InChI=1S/C31H27F6N9O/c1-13(2)20-4-3-15(10-39-20)23-25(43-30-40-12-41-46(30)29(23)38)21(7-14-5-16(32)8-17(33)6-14)42-22(47)11-45-27-24(26(44-45)28(34)35)18-9-19(18)31(27,36)37/h3-6,8,10,12-13,18-19,21,28H,7,9,11,38H2,1-2H3,(H,42,47)/t18-,19+,21-/m0/s1. The van der Waals surface area contributed by atoms with Crippen LogP contribution in [0.25, 0.3) is 16.9 Å². The fraction of sp³-hybridized carbons (Fsp3) is 0.355. The Kier molecular flexibility index (Phi) is 7.20. The van der Waals surface area contributed by atoms with Gasteiger partial charge in [0.05, 0.1) is 11.7 Å². The second-order valence-corrected chi connectivity index (χ2v) is 12.1. The molecule has 4 aromatic heterocycles. The molecule has 0 aliphatic heterocycles. The maximum Gasteiger partial charge on any atom is 0.293 e. The van der Waals surface area contributed by atoms with Gasteiger partial charge in [0.15, 0.2) is 0 Å². The van der Waals surface area contributed by atoms with Crippen molar-refractivity contribution in [2.24, 2.45) is 5.92 Å². The van der Waals surface area contributed by atoms with E-state index in [2.05, 4.69) is 30.5 Å². The molecule has 0 radical (unpaired) electrons. The van der Waals surface area contributed by atoms with Gasteiger partial charge in [0.1, 0.15) is 41.7 Å². The summed E-state index contributed by atoms with van der Waals surface area (Å²) in [6.07, 6.45) is -0.508. The van der Waals surface area contributed by atoms with E-state index in [0.717, 1.165) is 17.8 Å². The van der Waals surface area contributed by atoms with Gasteiger partial charge >= 0.3 is 0 Å². The summed E-state index contributed by atoms with van der Waals surface area (Å²) < 4.78 is 88.5. The molecule has 0 bridgehead atoms. The smallest absolute Gasteiger partial charge is 0.293 e. The van der Waals surface area contributed by atoms with E-state index < -0.39 is 65.7 Å². The zero-order valence-corrected chi connectivity index (χ0v) is 24.9. The van der Waals surface area contributed by atoms with E-state index in [1.807, 2.05) is 13.8 Å². The molecule has 244 valence electrons. The third kappa shape index (κ3) is 5.24. The van der Waals surface area contributed by atoms with Gasteiger partial charge in [0.2, 0.25) is 5.91 Å². The van der Waals surface area contributed by atoms with Crippen LogP contribution < -0.4 is 11.1 Å². The number of nitrogens with two attached hydrogens (primary N) is 1. The molecule has 3 atom stereocenters. The number of pyridine rings is 1. The number of carbonyl (C=O) groups is 1. The number of alkyl halides is 4. The molecule has 7 rings (SSSR count). The minimum Gasteiger partial charge on any atom is -0.383 e. The van der Waals surface area contributed by atoms with Crippen molar-refractivity contribution in [2.45, 2.75) is 63.5 Å². The van der Waals surface area contributed by atoms with Crippen LogP contribution in [0.4, 0.5) is 32.2 Å². The summed E-state index contributed by atoms with van der Waals surface area (Å²) in [6.45, 7) is 3.10. The van der Waals surface area contributed by atoms with Gasteiger partial charge in [0.25, 0.3) is 18.1 Å². The molecular weight excluding hydrogens is 628 g/mol. The molecule has 2 aliphatic rings. The molecule has 1 saturated carbocycles. The molecule has 0 unspecified atom stereocenters. The SMILES string of the molecule is CC(C)c1ccc(-c2c([C@H](Cc3cc(F)cc(F)c3)NC(=O)Cn3nc(C(F)F)c4c3C(F)(F)[C@@H]3C[C@H]43)nc3ncnn3c2N)cn1. The second kappa shape index (κ2) is 11.1. The van der Waals surface area contributed by atoms with Gasteiger partial charge < -0.3 is 11.1 Å². The van der Waals surface area contributed by atoms with Gasteiger partial charge in [-0.15, -0.1) is 0 Å². The lowest BCUT2D eigenvalue weighted by Crippen LogP contribution is -2.35. The number of amides is 1. The number of rotatable bonds is 9. The van der Waals surface area contributed by atoms with Crippen molar-refractivity contribution in [1.29, 1.82) is 0 Å². The van der Waals surface area contributed by atoms with E-state index >= 15 is 8.78 Å². The van der Waals surface area contributed by atoms with Crippen molar-refractivity contribution in [1.82, 2.24) is 39.7 Å². The van der Waals surface area contributed by atoms with E-state index in [1.54, 1.807) is 18.3 Å². The zero-order valence-electron chi connectivity index (χ0n) is 24.9. The minimum absolute atomic E-state index is 0.0445. The molecule has 4 heterocycles. The van der Waals surface area contributed by atoms with Crippen molar-refractivity contribution in [2.75, 3.05) is 5.73 Å². The maximum atomic E-state index is 15.2. The fourth-order valence-electron chi connectivity index (χ4n) is 6.46. The Morgan fingerprint density at radius 1 is 1.11 bits per heavy atom. The molecule has 5 aromatic rings. The fourth-order valence-corrected chi connectivity index (χ4v) is 6.46. The Morgan fingerprint density at radius 3 is 2.51 bits per heavy atom. The Balaban J connectivity index is 1.31. The number of nitrogens with one attached hydrogen (secondary N) is 1. The number of halogens is 6. The largest absolute Gasteiger partial charge is 0.383 e. The molecule has 10 nitrogen and oxygen atoms in total. The zero-order chi connectivity index (χ0) is 33.4. The van der Waals surface area contributed by atoms with E-state index in [0.29, 0.717) is 16.3 Å². The number of aromatic nitrogens is 7. The highest BCUT2D eigenvalue weighted by Crippen LogP contribution is 2.68. The molecule has 0 spiro atoms. The number of benzene rings is 1. The average Bonchev–Trinajstić information content (AvgIpc) is 3.39. The summed E-state index contributed by atoms with van der Waals surface area (Å²) in [5, 5.41) is 10.5. The van der Waals surface area contributed by atoms with Crippen molar-refractivity contribution < 1.29 is 31.1 Å². The van der Waals surface area contributed by atoms with Gasteiger partial charge in [-0.2, -0.15) is 28.5 Å². The molecule has 1 fully saturated rings. The lowest BCUT2D eigenvalue weighted by atomic mass is 9.95. The van der Waals surface area contributed by atoms with Crippen LogP contribution in [0.2, 0.25) is 0 Å². The first kappa shape index (κ1) is 30.6. The normalized spacial score (nSPS) is 18.5. The lowest BCUT2D eigenvalue weighted by molar-refractivity contribution is -0.123. The summed E-state index contributed by atoms with van der Waals surface area (Å²) in [7, 11) is 0. The highest BCUT2D eigenvalue weighted by Gasteiger charge is 2.67. The third-order valence-corrected chi connectivity index (χ3v) is 8.65. The monoisotopic (exact) mass is 655 g/mol. The maximum absolute atomic E-state index is 15.2. The first-order chi connectivity index (χ1) is 22.3. The summed E-state index contributed by atoms with van der Waals surface area (Å²) in [4.78, 5) is 26.8. The first-order valence-corrected chi connectivity index (χ1v) is 14.8. The van der Waals surface area contributed by atoms with Crippen LogP contribution in [0.5, 0.6) is 0 Å². The van der Waals surface area contributed by atoms with Crippen LogP contribution >= 0.6 is 0 Å². The summed E-state index contributed by atoms with van der Waals surface area (Å²) >= 11 is 0. The van der Waals surface area contributed by atoms with E-state index in [-0.39, 0.29) is 52.7 Å². The second-order valence-electron chi connectivity index (χ2n) is 12.1. The number of nitrogen functional groups attached to an aromatic ring is 1. The van der Waals surface area contributed by atoms with Gasteiger partial charge in [-0.05, 0) is 48.4 Å². The van der Waals surface area contributed by atoms with Crippen molar-refractivity contribution in [3.8, 4) is 11.1 Å². The Bertz CT molecular complexity index is 2000. The minimum atomic E-state index is -3.43. The van der Waals surface area contributed by atoms with Crippen molar-refractivity contribution in [3.05, 3.63) is 88.4 Å². The van der Waals surface area contributed by atoms with E-state index in [9.17, 15) is 22.4 Å². The Hall–Kier alpha value is -5.02. The molecule has 2 aliphatic carbocycles. The third-order valence-electron chi connectivity index (χ3n) is 8.65. The number of nitrogens with zero attached hydrogens (tertiary/aromatic N) is 7. The molecule has 1 aromatic carbocycles. The van der Waals surface area contributed by atoms with Crippen molar-refractivity contribution in [3.63, 3.8) is 0 Å². The quantitative estimate of drug-likeness (QED) is 0.198. The van der Waals surface area contributed by atoms with Gasteiger partial charge in [0, 0.05) is 40.6 Å². The predicted molar refractivity (Wildman–Crippen MR) is 155 cm³/mol. The molecule has 3 N–H and O–H groups in total. The van der Waals surface area contributed by atoms with Crippen LogP contribution in [0.3, 0.4) is 0 Å². The Morgan fingerprint density at radius 2 is 1.85 bits per heavy atom. The predicted octanol–water partition coefficient (Wildman–Crippen LogP) is 5.61.